The summed E-state index contributed by atoms with van der Waals surface area (Å²) in [4.78, 5) is 0. The largest absolute Gasteiger partial charge is 0.309 e. The summed E-state index contributed by atoms with van der Waals surface area (Å²) in [6, 6.07) is 150. The monoisotopic (exact) mass is 1420 g/mol. The Balaban J connectivity index is 0.636. The highest BCUT2D eigenvalue weighted by Crippen LogP contribution is 2.47. The zero-order valence-corrected chi connectivity index (χ0v) is 60.9. The molecule has 24 rings (SSSR count). The summed E-state index contributed by atoms with van der Waals surface area (Å²) >= 11 is 0. The molecule has 0 aliphatic heterocycles. The smallest absolute Gasteiger partial charge is 0.0547 e. The first-order chi connectivity index (χ1) is 55.5. The maximum Gasteiger partial charge on any atom is 0.0547 e. The fourth-order valence-corrected chi connectivity index (χ4v) is 19.2. The first kappa shape index (κ1) is 62.2. The normalized spacial score (nSPS) is 12.1. The number of nitrogens with zero attached hydrogens (tertiary/aromatic N) is 4. The molecule has 4 nitrogen and oxygen atoms in total. The van der Waals surface area contributed by atoms with Gasteiger partial charge in [-0.2, -0.15) is 0 Å². The lowest BCUT2D eigenvalue weighted by Gasteiger charge is -2.15. The lowest BCUT2D eigenvalue weighted by atomic mass is 9.90. The molecule has 0 saturated carbocycles. The topological polar surface area (TPSA) is 19.7 Å². The van der Waals surface area contributed by atoms with Gasteiger partial charge in [-0.3, -0.25) is 0 Å². The van der Waals surface area contributed by atoms with E-state index in [0.29, 0.717) is 0 Å². The summed E-state index contributed by atoms with van der Waals surface area (Å²) in [5, 5.41) is 24.9. The van der Waals surface area contributed by atoms with E-state index in [1.807, 2.05) is 0 Å². The minimum absolute atomic E-state index is 1.10. The number of para-hydroxylation sites is 4. The van der Waals surface area contributed by atoms with Crippen LogP contribution in [0.2, 0.25) is 0 Å². The Morgan fingerprint density at radius 2 is 0.429 bits per heavy atom. The van der Waals surface area contributed by atoms with Crippen LogP contribution in [0.25, 0.3) is 230 Å². The van der Waals surface area contributed by atoms with E-state index in [9.17, 15) is 0 Å². The summed E-state index contributed by atoms with van der Waals surface area (Å²) in [6.07, 6.45) is 0. The van der Waals surface area contributed by atoms with Crippen LogP contribution in [-0.2, 0) is 0 Å². The summed E-state index contributed by atoms with van der Waals surface area (Å²) < 4.78 is 9.81. The van der Waals surface area contributed by atoms with Crippen LogP contribution >= 0.6 is 0 Å². The van der Waals surface area contributed by atoms with Gasteiger partial charge in [-0.05, 0) is 254 Å². The second kappa shape index (κ2) is 24.3. The van der Waals surface area contributed by atoms with Crippen molar-refractivity contribution < 1.29 is 0 Å². The van der Waals surface area contributed by atoms with Crippen molar-refractivity contribution in [2.45, 2.75) is 0 Å². The standard InChI is InChI=1S/C108H66N4/c1-3-23-79(24-4-1)109-99-36-17-15-32-87(99)95-59-70(46-54-101(95)109)73-49-57-104-98(62-73)90-53-45-75(66-106(90)112(104)82-27-19-22-76(58-82)94-64-78-41-39-68-21-8-10-29-84(68)108(78)92-35-14-12-31-86(92)94)74-44-52-89-97-61-72(48-56-103(97)111(105(89)65-74)80-25-5-2-6-26-80)71-47-55-102-96(60-71)88-33-16-18-37-100(88)110(102)81-50-42-69(43-51-81)93-63-77-40-38-67-20-7-9-28-83(67)107(77)91-34-13-11-30-85(91)93/h1-66H. The number of rotatable bonds is 9. The van der Waals surface area contributed by atoms with Gasteiger partial charge in [0.2, 0.25) is 0 Å². The maximum atomic E-state index is 2.51. The molecular weight excluding hydrogens is 1350 g/mol. The highest BCUT2D eigenvalue weighted by atomic mass is 15.0. The number of benzene rings is 20. The third kappa shape index (κ3) is 9.43. The number of hydrogen-bond acceptors (Lipinski definition) is 0. The van der Waals surface area contributed by atoms with E-state index >= 15 is 0 Å². The fourth-order valence-electron chi connectivity index (χ4n) is 19.2. The number of hydrogen-bond donors (Lipinski definition) is 0. The average Bonchev–Trinajstić information content (AvgIpc) is 1.74. The van der Waals surface area contributed by atoms with E-state index in [-0.39, 0.29) is 0 Å². The van der Waals surface area contributed by atoms with Gasteiger partial charge in [-0.1, -0.05) is 267 Å². The molecule has 0 amide bonds. The molecule has 4 heteroatoms. The zero-order valence-electron chi connectivity index (χ0n) is 60.9. The molecule has 4 aromatic heterocycles. The first-order valence-electron chi connectivity index (χ1n) is 38.8. The summed E-state index contributed by atoms with van der Waals surface area (Å²) in [7, 11) is 0. The predicted octanol–water partition coefficient (Wildman–Crippen LogP) is 29.3. The minimum atomic E-state index is 1.10. The molecule has 24 aromatic rings. The van der Waals surface area contributed by atoms with Gasteiger partial charge in [0.05, 0.1) is 44.1 Å². The lowest BCUT2D eigenvalue weighted by Crippen LogP contribution is -1.95. The van der Waals surface area contributed by atoms with Crippen LogP contribution < -0.4 is 0 Å². The predicted molar refractivity (Wildman–Crippen MR) is 476 cm³/mol. The highest BCUT2D eigenvalue weighted by molar-refractivity contribution is 6.26. The molecule has 20 aromatic carbocycles. The van der Waals surface area contributed by atoms with E-state index in [4.69, 9.17) is 0 Å². The van der Waals surface area contributed by atoms with E-state index in [2.05, 4.69) is 419 Å². The van der Waals surface area contributed by atoms with Crippen molar-refractivity contribution in [1.29, 1.82) is 0 Å². The van der Waals surface area contributed by atoms with E-state index in [0.717, 1.165) is 55.9 Å². The van der Waals surface area contributed by atoms with Crippen molar-refractivity contribution in [1.82, 2.24) is 18.3 Å². The third-order valence-corrected chi connectivity index (χ3v) is 24.3. The SMILES string of the molecule is c1ccc(-n2c3ccccc3c3cc(-c4ccc5c(c4)c4ccc(-c6ccc7c8cc(-c9ccc%10c(c9)c9ccccc9n%10-c9ccc(-c%10cc%11ccc%12ccccc%12c%11c%11ccccc%10%11)cc9)ccc8n(-c8ccccc8)c7c6)cc4n5-c4cccc(-c5cc6ccc7ccccc7c6c6ccccc56)c4)ccc32)cc1. The van der Waals surface area contributed by atoms with Gasteiger partial charge in [0, 0.05) is 65.8 Å². The molecule has 0 spiro atoms. The molecular formula is C108H66N4. The quantitative estimate of drug-likeness (QED) is 0.128. The summed E-state index contributed by atoms with van der Waals surface area (Å²) in [5.41, 5.74) is 25.7. The van der Waals surface area contributed by atoms with Crippen LogP contribution in [0.15, 0.2) is 400 Å². The molecule has 0 N–H and O–H groups in total. The molecule has 0 saturated heterocycles. The Morgan fingerprint density at radius 3 is 0.884 bits per heavy atom. The first-order valence-corrected chi connectivity index (χ1v) is 38.8. The Bertz CT molecular complexity index is 8110. The minimum Gasteiger partial charge on any atom is -0.309 e. The molecule has 4 heterocycles. The van der Waals surface area contributed by atoms with Gasteiger partial charge in [0.25, 0.3) is 0 Å². The van der Waals surface area contributed by atoms with Gasteiger partial charge in [-0.15, -0.1) is 0 Å². The second-order valence-electron chi connectivity index (χ2n) is 30.2. The van der Waals surface area contributed by atoms with Crippen LogP contribution in [0, 0.1) is 0 Å². The Morgan fingerprint density at radius 1 is 0.125 bits per heavy atom. The van der Waals surface area contributed by atoms with Crippen LogP contribution in [0.4, 0.5) is 0 Å². The van der Waals surface area contributed by atoms with E-state index < -0.39 is 0 Å². The molecule has 0 bridgehead atoms. The molecule has 518 valence electrons. The van der Waals surface area contributed by atoms with Crippen LogP contribution in [0.5, 0.6) is 0 Å². The third-order valence-electron chi connectivity index (χ3n) is 24.3. The molecule has 0 atom stereocenters. The van der Waals surface area contributed by atoms with Crippen molar-refractivity contribution in [3.05, 3.63) is 400 Å². The molecule has 0 fully saturated rings. The average molecular weight is 1420 g/mol. The van der Waals surface area contributed by atoms with Crippen molar-refractivity contribution in [2.75, 3.05) is 0 Å². The Hall–Kier alpha value is -14.8. The van der Waals surface area contributed by atoms with E-state index in [1.165, 1.54) is 174 Å². The molecule has 0 aliphatic carbocycles. The number of aromatic nitrogens is 4. The van der Waals surface area contributed by atoms with E-state index in [1.54, 1.807) is 0 Å². The summed E-state index contributed by atoms with van der Waals surface area (Å²) in [5.74, 6) is 0. The van der Waals surface area contributed by atoms with Crippen molar-refractivity contribution in [3.63, 3.8) is 0 Å². The van der Waals surface area contributed by atoms with Crippen LogP contribution in [0.1, 0.15) is 0 Å². The van der Waals surface area contributed by atoms with Gasteiger partial charge < -0.3 is 18.3 Å². The molecule has 112 heavy (non-hydrogen) atoms. The van der Waals surface area contributed by atoms with Crippen molar-refractivity contribution in [2.24, 2.45) is 0 Å². The van der Waals surface area contributed by atoms with Crippen molar-refractivity contribution in [3.8, 4) is 78.4 Å². The maximum absolute atomic E-state index is 2.51. The molecule has 0 radical (unpaired) electrons. The van der Waals surface area contributed by atoms with Crippen LogP contribution in [-0.4, -0.2) is 18.3 Å². The van der Waals surface area contributed by atoms with Gasteiger partial charge >= 0.3 is 0 Å². The summed E-state index contributed by atoms with van der Waals surface area (Å²) in [6.45, 7) is 0. The molecule has 0 aliphatic rings. The van der Waals surface area contributed by atoms with Gasteiger partial charge in [-0.25, -0.2) is 0 Å². The number of fused-ring (bicyclic) bond motifs is 22. The zero-order chi connectivity index (χ0) is 73.2. The van der Waals surface area contributed by atoms with Crippen molar-refractivity contribution >= 4 is 152 Å². The highest BCUT2D eigenvalue weighted by Gasteiger charge is 2.23. The Labute approximate surface area is 644 Å². The molecule has 0 unspecified atom stereocenters. The van der Waals surface area contributed by atoms with Crippen LogP contribution in [0.3, 0.4) is 0 Å². The lowest BCUT2D eigenvalue weighted by molar-refractivity contribution is 1.18. The Kier molecular flexibility index (Phi) is 13.5. The van der Waals surface area contributed by atoms with Gasteiger partial charge in [0.15, 0.2) is 0 Å². The van der Waals surface area contributed by atoms with Gasteiger partial charge in [0.1, 0.15) is 0 Å². The fraction of sp³-hybridized carbons (Fsp3) is 0. The second-order valence-corrected chi connectivity index (χ2v) is 30.2.